The molecule has 0 atom stereocenters. The van der Waals surface area contributed by atoms with Crippen molar-refractivity contribution in [3.8, 4) is 11.8 Å². The highest BCUT2D eigenvalue weighted by atomic mass is 19.4. The average Bonchev–Trinajstić information content (AvgIpc) is 2.24. The van der Waals surface area contributed by atoms with Gasteiger partial charge in [-0.3, -0.25) is 0 Å². The zero-order chi connectivity index (χ0) is 12.9. The van der Waals surface area contributed by atoms with Gasteiger partial charge in [0.2, 0.25) is 0 Å². The van der Waals surface area contributed by atoms with Crippen LogP contribution in [0.2, 0.25) is 0 Å². The molecule has 17 heavy (non-hydrogen) atoms. The fraction of sp³-hybridized carbons (Fsp3) is 0.385. The zero-order valence-corrected chi connectivity index (χ0v) is 9.78. The van der Waals surface area contributed by atoms with Crippen LogP contribution in [0, 0.1) is 18.8 Å². The Hall–Kier alpha value is -1.47. The third-order valence-electron chi connectivity index (χ3n) is 2.28. The van der Waals surface area contributed by atoms with Gasteiger partial charge in [-0.15, -0.1) is 0 Å². The lowest BCUT2D eigenvalue weighted by Gasteiger charge is -2.08. The molecule has 0 heterocycles. The number of aryl methyl sites for hydroxylation is 1. The molecule has 0 spiro atoms. The van der Waals surface area contributed by atoms with Crippen molar-refractivity contribution in [2.24, 2.45) is 0 Å². The summed E-state index contributed by atoms with van der Waals surface area (Å²) in [6.45, 7) is 2.41. The van der Waals surface area contributed by atoms with E-state index in [0.29, 0.717) is 17.5 Å². The van der Waals surface area contributed by atoms with Crippen LogP contribution in [0.1, 0.15) is 23.1 Å². The first-order valence-electron chi connectivity index (χ1n) is 5.26. The molecule has 0 aliphatic heterocycles. The summed E-state index contributed by atoms with van der Waals surface area (Å²) in [5.74, 6) is 5.78. The van der Waals surface area contributed by atoms with Gasteiger partial charge in [0.05, 0.1) is 5.56 Å². The molecule has 0 amide bonds. The van der Waals surface area contributed by atoms with Crippen LogP contribution in [-0.4, -0.2) is 13.6 Å². The first kappa shape index (κ1) is 13.6. The van der Waals surface area contributed by atoms with Gasteiger partial charge in [-0.2, -0.15) is 13.2 Å². The Morgan fingerprint density at radius 3 is 2.53 bits per heavy atom. The molecule has 1 aromatic rings. The van der Waals surface area contributed by atoms with E-state index in [-0.39, 0.29) is 0 Å². The highest BCUT2D eigenvalue weighted by Crippen LogP contribution is 2.30. The first-order chi connectivity index (χ1) is 7.95. The minimum absolute atomic E-state index is 0.553. The number of rotatable bonds is 2. The minimum Gasteiger partial charge on any atom is -0.319 e. The lowest BCUT2D eigenvalue weighted by Crippen LogP contribution is -2.06. The molecule has 0 saturated heterocycles. The summed E-state index contributed by atoms with van der Waals surface area (Å²) in [6, 6.07) is 3.61. The van der Waals surface area contributed by atoms with Crippen molar-refractivity contribution in [3.05, 3.63) is 34.9 Å². The predicted molar refractivity (Wildman–Crippen MR) is 61.6 cm³/mol. The number of alkyl halides is 3. The number of benzene rings is 1. The quantitative estimate of drug-likeness (QED) is 0.620. The Morgan fingerprint density at radius 1 is 1.29 bits per heavy atom. The molecule has 0 unspecified atom stereocenters. The summed E-state index contributed by atoms with van der Waals surface area (Å²) >= 11 is 0. The fourth-order valence-electron chi connectivity index (χ4n) is 1.33. The van der Waals surface area contributed by atoms with Gasteiger partial charge in [0, 0.05) is 18.5 Å². The van der Waals surface area contributed by atoms with Crippen LogP contribution in [0.4, 0.5) is 13.2 Å². The van der Waals surface area contributed by atoms with Gasteiger partial charge in [-0.1, -0.05) is 11.8 Å². The lowest BCUT2D eigenvalue weighted by molar-refractivity contribution is -0.137. The number of hydrogen-bond acceptors (Lipinski definition) is 1. The Bertz CT molecular complexity index is 438. The second-order valence-electron chi connectivity index (χ2n) is 3.68. The van der Waals surface area contributed by atoms with Gasteiger partial charge in [0.25, 0.3) is 0 Å². The Morgan fingerprint density at radius 2 is 2.00 bits per heavy atom. The lowest BCUT2D eigenvalue weighted by atomic mass is 10.1. The van der Waals surface area contributed by atoms with Crippen LogP contribution >= 0.6 is 0 Å². The summed E-state index contributed by atoms with van der Waals surface area (Å²) in [5.41, 5.74) is 0.571. The van der Waals surface area contributed by atoms with E-state index in [9.17, 15) is 13.2 Å². The van der Waals surface area contributed by atoms with Crippen molar-refractivity contribution in [3.63, 3.8) is 0 Å². The third-order valence-corrected chi connectivity index (χ3v) is 2.28. The maximum Gasteiger partial charge on any atom is 0.416 e. The van der Waals surface area contributed by atoms with Gasteiger partial charge < -0.3 is 5.32 Å². The summed E-state index contributed by atoms with van der Waals surface area (Å²) in [5, 5.41) is 2.95. The van der Waals surface area contributed by atoms with Crippen LogP contribution in [0.15, 0.2) is 18.2 Å². The van der Waals surface area contributed by atoms with E-state index in [4.69, 9.17) is 0 Å². The normalized spacial score (nSPS) is 10.9. The van der Waals surface area contributed by atoms with Crippen LogP contribution in [0.25, 0.3) is 0 Å². The molecule has 0 bridgehead atoms. The molecule has 0 radical (unpaired) electrons. The smallest absolute Gasteiger partial charge is 0.319 e. The van der Waals surface area contributed by atoms with E-state index >= 15 is 0 Å². The molecule has 0 aliphatic rings. The van der Waals surface area contributed by atoms with Gasteiger partial charge >= 0.3 is 6.18 Å². The number of nitrogens with one attached hydrogen (secondary N) is 1. The molecule has 0 aliphatic carbocycles. The second kappa shape index (κ2) is 5.74. The van der Waals surface area contributed by atoms with E-state index in [0.717, 1.165) is 18.7 Å². The molecular formula is C13H14F3N. The summed E-state index contributed by atoms with van der Waals surface area (Å²) in [6.07, 6.45) is -3.61. The maximum atomic E-state index is 12.4. The molecule has 1 N–H and O–H groups in total. The highest BCUT2D eigenvalue weighted by molar-refractivity contribution is 5.43. The SMILES string of the molecule is CNCCC#Cc1ccc(C(F)(F)F)cc1C. The molecular weight excluding hydrogens is 227 g/mol. The fourth-order valence-corrected chi connectivity index (χ4v) is 1.33. The molecule has 4 heteroatoms. The van der Waals surface area contributed by atoms with Crippen LogP contribution in [0.3, 0.4) is 0 Å². The Kier molecular flexibility index (Phi) is 4.59. The van der Waals surface area contributed by atoms with Crippen molar-refractivity contribution in [1.82, 2.24) is 5.32 Å². The monoisotopic (exact) mass is 241 g/mol. The van der Waals surface area contributed by atoms with Gasteiger partial charge in [-0.25, -0.2) is 0 Å². The number of hydrogen-bond donors (Lipinski definition) is 1. The Labute approximate surface area is 99.0 Å². The zero-order valence-electron chi connectivity index (χ0n) is 9.78. The molecule has 0 fully saturated rings. The van der Waals surface area contributed by atoms with Crippen molar-refractivity contribution < 1.29 is 13.2 Å². The Balaban J connectivity index is 2.86. The van der Waals surface area contributed by atoms with E-state index in [1.165, 1.54) is 6.07 Å². The van der Waals surface area contributed by atoms with Crippen molar-refractivity contribution >= 4 is 0 Å². The average molecular weight is 241 g/mol. The second-order valence-corrected chi connectivity index (χ2v) is 3.68. The first-order valence-corrected chi connectivity index (χ1v) is 5.26. The van der Waals surface area contributed by atoms with Crippen LogP contribution < -0.4 is 5.32 Å². The summed E-state index contributed by atoms with van der Waals surface area (Å²) < 4.78 is 37.2. The molecule has 1 nitrogen and oxygen atoms in total. The van der Waals surface area contributed by atoms with Gasteiger partial charge in [-0.05, 0) is 37.7 Å². The third kappa shape index (κ3) is 4.12. The maximum absolute atomic E-state index is 12.4. The van der Waals surface area contributed by atoms with E-state index < -0.39 is 11.7 Å². The van der Waals surface area contributed by atoms with Crippen molar-refractivity contribution in [1.29, 1.82) is 0 Å². The standard InChI is InChI=1S/C13H14F3N/c1-10-9-12(13(14,15)16)7-6-11(10)5-3-4-8-17-2/h6-7,9,17H,4,8H2,1-2H3. The van der Waals surface area contributed by atoms with E-state index in [1.54, 1.807) is 6.92 Å². The van der Waals surface area contributed by atoms with Crippen molar-refractivity contribution in [2.45, 2.75) is 19.5 Å². The molecule has 0 aromatic heterocycles. The minimum atomic E-state index is -4.29. The van der Waals surface area contributed by atoms with Gasteiger partial charge in [0.15, 0.2) is 0 Å². The highest BCUT2D eigenvalue weighted by Gasteiger charge is 2.30. The van der Waals surface area contributed by atoms with E-state index in [1.807, 2.05) is 7.05 Å². The summed E-state index contributed by atoms with van der Waals surface area (Å²) in [7, 11) is 1.82. The predicted octanol–water partition coefficient (Wildman–Crippen LogP) is 2.97. The molecule has 1 aromatic carbocycles. The molecule has 1 rings (SSSR count). The number of halogens is 3. The van der Waals surface area contributed by atoms with E-state index in [2.05, 4.69) is 17.2 Å². The van der Waals surface area contributed by atoms with Crippen molar-refractivity contribution in [2.75, 3.05) is 13.6 Å². The van der Waals surface area contributed by atoms with Gasteiger partial charge in [0.1, 0.15) is 0 Å². The molecule has 92 valence electrons. The molecule has 0 saturated carbocycles. The summed E-state index contributed by atoms with van der Waals surface area (Å²) in [4.78, 5) is 0. The van der Waals surface area contributed by atoms with Crippen LogP contribution in [0.5, 0.6) is 0 Å². The topological polar surface area (TPSA) is 12.0 Å². The van der Waals surface area contributed by atoms with Crippen LogP contribution in [-0.2, 0) is 6.18 Å². The largest absolute Gasteiger partial charge is 0.416 e.